The zero-order valence-electron chi connectivity index (χ0n) is 18.6. The molecule has 7 nitrogen and oxygen atoms in total. The SMILES string of the molecule is CC1(NC(=O)C2CCN(c3ncnc(-c4ccc(F)cc4)n3)CC2)CCN2CCC1CC2. The summed E-state index contributed by atoms with van der Waals surface area (Å²) in [6, 6.07) is 6.15. The van der Waals surface area contributed by atoms with E-state index in [4.69, 9.17) is 0 Å². The van der Waals surface area contributed by atoms with Gasteiger partial charge in [-0.3, -0.25) is 4.79 Å². The lowest BCUT2D eigenvalue weighted by atomic mass is 9.78. The molecule has 4 saturated heterocycles. The number of hydrogen-bond acceptors (Lipinski definition) is 6. The highest BCUT2D eigenvalue weighted by molar-refractivity contribution is 5.79. The molecule has 1 unspecified atom stereocenters. The van der Waals surface area contributed by atoms with Gasteiger partial charge in [-0.1, -0.05) is 0 Å². The van der Waals surface area contributed by atoms with E-state index in [0.717, 1.165) is 44.5 Å². The number of piperidine rings is 2. The molecule has 1 aromatic carbocycles. The molecule has 4 fully saturated rings. The summed E-state index contributed by atoms with van der Waals surface area (Å²) in [4.78, 5) is 31.0. The van der Waals surface area contributed by atoms with Crippen LogP contribution in [0.3, 0.4) is 0 Å². The average molecular weight is 439 g/mol. The van der Waals surface area contributed by atoms with Gasteiger partial charge in [0, 0.05) is 36.7 Å². The molecule has 4 aliphatic rings. The van der Waals surface area contributed by atoms with Gasteiger partial charge in [0.2, 0.25) is 11.9 Å². The molecule has 0 aliphatic carbocycles. The molecule has 1 aromatic heterocycles. The molecule has 32 heavy (non-hydrogen) atoms. The monoisotopic (exact) mass is 438 g/mol. The number of anilines is 1. The summed E-state index contributed by atoms with van der Waals surface area (Å²) in [5.41, 5.74) is 0.670. The Balaban J connectivity index is 1.20. The second-order valence-electron chi connectivity index (χ2n) is 9.65. The average Bonchev–Trinajstić information content (AvgIpc) is 3.08. The van der Waals surface area contributed by atoms with Gasteiger partial charge >= 0.3 is 0 Å². The number of nitrogens with zero attached hydrogens (tertiary/aromatic N) is 5. The summed E-state index contributed by atoms with van der Waals surface area (Å²) in [7, 11) is 0. The molecule has 0 radical (unpaired) electrons. The molecule has 1 N–H and O–H groups in total. The number of aromatic nitrogens is 3. The van der Waals surface area contributed by atoms with Crippen LogP contribution in [0.2, 0.25) is 0 Å². The molecule has 170 valence electrons. The van der Waals surface area contributed by atoms with E-state index in [2.05, 4.69) is 37.0 Å². The van der Waals surface area contributed by atoms with Gasteiger partial charge in [0.25, 0.3) is 0 Å². The van der Waals surface area contributed by atoms with Crippen LogP contribution in [-0.4, -0.2) is 64.0 Å². The molecule has 1 amide bonds. The first-order valence-corrected chi connectivity index (χ1v) is 11.7. The largest absolute Gasteiger partial charge is 0.350 e. The van der Waals surface area contributed by atoms with Gasteiger partial charge < -0.3 is 15.1 Å². The number of hydrogen-bond donors (Lipinski definition) is 1. The van der Waals surface area contributed by atoms with Crippen LogP contribution >= 0.6 is 0 Å². The normalized spacial score (nSPS) is 28.4. The number of carbonyl (C=O) groups is 1. The standard InChI is InChI=1S/C24H31FN6O/c1-24(10-15-30-11-8-19(24)9-12-30)29-22(32)18-6-13-31(14-7-18)23-27-16-26-21(28-23)17-2-4-20(25)5-3-17/h2-5,16,18-19H,6-15H2,1H3,(H,29,32). The summed E-state index contributed by atoms with van der Waals surface area (Å²) >= 11 is 0. The van der Waals surface area contributed by atoms with Crippen LogP contribution < -0.4 is 10.2 Å². The molecule has 2 aromatic rings. The van der Waals surface area contributed by atoms with E-state index in [0.29, 0.717) is 17.7 Å². The third-order valence-electron chi connectivity index (χ3n) is 7.65. The fourth-order valence-corrected chi connectivity index (χ4v) is 5.46. The lowest BCUT2D eigenvalue weighted by molar-refractivity contribution is -0.128. The summed E-state index contributed by atoms with van der Waals surface area (Å²) in [5, 5.41) is 3.47. The summed E-state index contributed by atoms with van der Waals surface area (Å²) in [5.74, 6) is 1.67. The van der Waals surface area contributed by atoms with Gasteiger partial charge in [0.15, 0.2) is 5.82 Å². The van der Waals surface area contributed by atoms with Crippen molar-refractivity contribution in [3.05, 3.63) is 36.4 Å². The number of rotatable bonds is 4. The highest BCUT2D eigenvalue weighted by Crippen LogP contribution is 2.35. The van der Waals surface area contributed by atoms with Gasteiger partial charge in [-0.15, -0.1) is 0 Å². The number of halogens is 1. The van der Waals surface area contributed by atoms with E-state index in [1.165, 1.54) is 44.4 Å². The molecule has 6 rings (SSSR count). The van der Waals surface area contributed by atoms with Gasteiger partial charge in [-0.25, -0.2) is 14.4 Å². The van der Waals surface area contributed by atoms with E-state index >= 15 is 0 Å². The van der Waals surface area contributed by atoms with Gasteiger partial charge in [-0.05, 0) is 82.3 Å². The van der Waals surface area contributed by atoms with Crippen molar-refractivity contribution in [3.63, 3.8) is 0 Å². The molecule has 0 saturated carbocycles. The lowest BCUT2D eigenvalue weighted by Gasteiger charge is -2.39. The van der Waals surface area contributed by atoms with Crippen LogP contribution in [0.5, 0.6) is 0 Å². The van der Waals surface area contributed by atoms with Crippen molar-refractivity contribution in [1.82, 2.24) is 25.2 Å². The van der Waals surface area contributed by atoms with Crippen molar-refractivity contribution in [2.45, 2.75) is 44.6 Å². The zero-order chi connectivity index (χ0) is 22.1. The lowest BCUT2D eigenvalue weighted by Crippen LogP contribution is -2.54. The number of carbonyl (C=O) groups excluding carboxylic acids is 1. The second kappa shape index (κ2) is 8.73. The highest BCUT2D eigenvalue weighted by atomic mass is 19.1. The Hall–Kier alpha value is -2.61. The number of fused-ring (bicyclic) bond motifs is 4. The van der Waals surface area contributed by atoms with Crippen LogP contribution in [0.15, 0.2) is 30.6 Å². The third kappa shape index (κ3) is 4.33. The predicted octanol–water partition coefficient (Wildman–Crippen LogP) is 2.88. The van der Waals surface area contributed by atoms with Gasteiger partial charge in [0.05, 0.1) is 0 Å². The van der Waals surface area contributed by atoms with Gasteiger partial charge in [0.1, 0.15) is 12.1 Å². The second-order valence-corrected chi connectivity index (χ2v) is 9.65. The minimum absolute atomic E-state index is 0.0299. The minimum atomic E-state index is -0.286. The van der Waals surface area contributed by atoms with E-state index < -0.39 is 0 Å². The van der Waals surface area contributed by atoms with E-state index in [1.807, 2.05) is 0 Å². The first-order chi connectivity index (χ1) is 15.5. The fourth-order valence-electron chi connectivity index (χ4n) is 5.46. The molecule has 2 bridgehead atoms. The highest BCUT2D eigenvalue weighted by Gasteiger charge is 2.42. The van der Waals surface area contributed by atoms with Crippen LogP contribution in [0.4, 0.5) is 10.3 Å². The van der Waals surface area contributed by atoms with Crippen molar-refractivity contribution >= 4 is 11.9 Å². The fraction of sp³-hybridized carbons (Fsp3) is 0.583. The van der Waals surface area contributed by atoms with E-state index in [-0.39, 0.29) is 23.2 Å². The number of nitrogens with one attached hydrogen (secondary N) is 1. The third-order valence-corrected chi connectivity index (χ3v) is 7.65. The summed E-state index contributed by atoms with van der Waals surface area (Å²) in [6.45, 7) is 7.14. The topological polar surface area (TPSA) is 74.2 Å². The van der Waals surface area contributed by atoms with Crippen LogP contribution in [0, 0.1) is 17.7 Å². The zero-order valence-corrected chi connectivity index (χ0v) is 18.6. The van der Waals surface area contributed by atoms with Crippen LogP contribution in [-0.2, 0) is 4.79 Å². The maximum Gasteiger partial charge on any atom is 0.228 e. The van der Waals surface area contributed by atoms with Crippen LogP contribution in [0.1, 0.15) is 39.0 Å². The maximum absolute atomic E-state index is 13.2. The Morgan fingerprint density at radius 1 is 1.03 bits per heavy atom. The predicted molar refractivity (Wildman–Crippen MR) is 120 cm³/mol. The Bertz CT molecular complexity index is 953. The summed E-state index contributed by atoms with van der Waals surface area (Å²) in [6.07, 6.45) is 6.49. The molecule has 8 heteroatoms. The van der Waals surface area contributed by atoms with Crippen molar-refractivity contribution in [1.29, 1.82) is 0 Å². The van der Waals surface area contributed by atoms with Crippen molar-refractivity contribution < 1.29 is 9.18 Å². The van der Waals surface area contributed by atoms with Crippen molar-refractivity contribution in [3.8, 4) is 11.4 Å². The smallest absolute Gasteiger partial charge is 0.228 e. The van der Waals surface area contributed by atoms with E-state index in [1.54, 1.807) is 12.1 Å². The van der Waals surface area contributed by atoms with Crippen molar-refractivity contribution in [2.24, 2.45) is 11.8 Å². The molecule has 0 spiro atoms. The molecular weight excluding hydrogens is 407 g/mol. The molecule has 1 atom stereocenters. The summed E-state index contributed by atoms with van der Waals surface area (Å²) < 4.78 is 13.2. The molecule has 4 aliphatic heterocycles. The Kier molecular flexibility index (Phi) is 5.80. The number of benzene rings is 1. The first kappa shape index (κ1) is 21.2. The van der Waals surface area contributed by atoms with Crippen LogP contribution in [0.25, 0.3) is 11.4 Å². The van der Waals surface area contributed by atoms with Crippen molar-refractivity contribution in [2.75, 3.05) is 37.6 Å². The molecular formula is C24H31FN6O. The van der Waals surface area contributed by atoms with E-state index in [9.17, 15) is 9.18 Å². The minimum Gasteiger partial charge on any atom is -0.350 e. The Labute approximate surface area is 188 Å². The first-order valence-electron chi connectivity index (χ1n) is 11.7. The maximum atomic E-state index is 13.2. The Morgan fingerprint density at radius 3 is 2.47 bits per heavy atom. The van der Waals surface area contributed by atoms with Gasteiger partial charge in [-0.2, -0.15) is 4.98 Å². The quantitative estimate of drug-likeness (QED) is 0.791. The number of amides is 1. The molecule has 5 heterocycles. The Morgan fingerprint density at radius 2 is 1.75 bits per heavy atom.